The molecule has 10 N–H and O–H groups in total. The second-order valence-electron chi connectivity index (χ2n) is 14.5. The Balaban J connectivity index is 1.50. The lowest BCUT2D eigenvalue weighted by molar-refractivity contribution is -0.352. The highest BCUT2D eigenvalue weighted by Crippen LogP contribution is 2.41. The van der Waals surface area contributed by atoms with Crippen molar-refractivity contribution < 1.29 is 88.6 Å². The Labute approximate surface area is 325 Å². The molecule has 3 fully saturated rings. The maximum absolute atomic E-state index is 14.7. The number of aliphatic hydroxyl groups is 8. The molecule has 3 aromatic rings. The Morgan fingerprint density at radius 3 is 2.28 bits per heavy atom. The van der Waals surface area contributed by atoms with E-state index in [2.05, 4.69) is 0 Å². The van der Waals surface area contributed by atoms with Gasteiger partial charge in [0.1, 0.15) is 70.4 Å². The summed E-state index contributed by atoms with van der Waals surface area (Å²) < 4.78 is 46.6. The molecule has 0 saturated carbocycles. The minimum absolute atomic E-state index is 0.0682. The number of methoxy groups -OCH3 is 1. The van der Waals surface area contributed by atoms with Crippen LogP contribution < -0.4 is 14.9 Å². The van der Waals surface area contributed by atoms with E-state index in [0.717, 1.165) is 5.57 Å². The Morgan fingerprint density at radius 2 is 1.65 bits per heavy atom. The molecule has 2 aromatic carbocycles. The Hall–Kier alpha value is -3.93. The van der Waals surface area contributed by atoms with Crippen molar-refractivity contribution in [2.24, 2.45) is 0 Å². The lowest BCUT2D eigenvalue weighted by atomic mass is 9.96. The summed E-state index contributed by atoms with van der Waals surface area (Å²) in [5.41, 5.74) is -1.58. The van der Waals surface area contributed by atoms with Gasteiger partial charge < -0.3 is 88.6 Å². The molecular formula is C38H48O19. The molecule has 0 amide bonds. The first-order valence-corrected chi connectivity index (χ1v) is 18.1. The molecule has 6 rings (SSSR count). The highest BCUT2D eigenvalue weighted by Gasteiger charge is 2.53. The quantitative estimate of drug-likeness (QED) is 0.101. The molecule has 19 heteroatoms. The van der Waals surface area contributed by atoms with Crippen molar-refractivity contribution in [2.45, 2.75) is 113 Å². The van der Waals surface area contributed by atoms with Crippen LogP contribution in [0.5, 0.6) is 23.0 Å². The van der Waals surface area contributed by atoms with Gasteiger partial charge in [-0.2, -0.15) is 0 Å². The van der Waals surface area contributed by atoms with Gasteiger partial charge in [-0.25, -0.2) is 0 Å². The van der Waals surface area contributed by atoms with Crippen LogP contribution in [0.3, 0.4) is 0 Å². The van der Waals surface area contributed by atoms with Crippen molar-refractivity contribution >= 4 is 11.0 Å². The van der Waals surface area contributed by atoms with Crippen molar-refractivity contribution in [3.05, 3.63) is 57.8 Å². The van der Waals surface area contributed by atoms with Crippen molar-refractivity contribution in [3.8, 4) is 34.3 Å². The van der Waals surface area contributed by atoms with Gasteiger partial charge in [-0.05, 0) is 51.5 Å². The molecule has 3 aliphatic rings. The summed E-state index contributed by atoms with van der Waals surface area (Å²) in [6.45, 7) is 3.61. The van der Waals surface area contributed by atoms with Gasteiger partial charge in [0.25, 0.3) is 0 Å². The van der Waals surface area contributed by atoms with Crippen molar-refractivity contribution in [3.63, 3.8) is 0 Å². The van der Waals surface area contributed by atoms with Crippen LogP contribution in [0, 0.1) is 0 Å². The minimum Gasteiger partial charge on any atom is -0.508 e. The third-order valence-corrected chi connectivity index (χ3v) is 10.2. The third kappa shape index (κ3) is 8.48. The van der Waals surface area contributed by atoms with Gasteiger partial charge in [0, 0.05) is 23.6 Å². The third-order valence-electron chi connectivity index (χ3n) is 10.2. The van der Waals surface area contributed by atoms with Crippen LogP contribution in [0.2, 0.25) is 0 Å². The molecule has 0 unspecified atom stereocenters. The summed E-state index contributed by atoms with van der Waals surface area (Å²) in [7, 11) is 1.38. The van der Waals surface area contributed by atoms with E-state index in [4.69, 9.17) is 37.6 Å². The number of rotatable bonds is 12. The fourth-order valence-corrected chi connectivity index (χ4v) is 6.86. The van der Waals surface area contributed by atoms with Crippen LogP contribution in [0.4, 0.5) is 0 Å². The number of fused-ring (bicyclic) bond motifs is 1. The summed E-state index contributed by atoms with van der Waals surface area (Å²) in [4.78, 5) is 14.7. The summed E-state index contributed by atoms with van der Waals surface area (Å²) in [6.07, 6.45) is -18.7. The number of hydrogen-bond donors (Lipinski definition) is 10. The van der Waals surface area contributed by atoms with E-state index in [1.165, 1.54) is 44.4 Å². The molecule has 314 valence electrons. The Kier molecular flexibility index (Phi) is 12.8. The Bertz CT molecular complexity index is 1960. The van der Waals surface area contributed by atoms with Crippen LogP contribution in [0.15, 0.2) is 51.2 Å². The van der Waals surface area contributed by atoms with Crippen molar-refractivity contribution in [1.82, 2.24) is 0 Å². The van der Waals surface area contributed by atoms with Gasteiger partial charge in [0.05, 0.1) is 26.4 Å². The zero-order valence-corrected chi connectivity index (χ0v) is 31.4. The molecule has 0 radical (unpaired) electrons. The highest BCUT2D eigenvalue weighted by molar-refractivity contribution is 5.91. The second-order valence-corrected chi connectivity index (χ2v) is 14.5. The van der Waals surface area contributed by atoms with Gasteiger partial charge in [0.2, 0.25) is 11.2 Å². The number of aromatic hydroxyl groups is 2. The van der Waals surface area contributed by atoms with E-state index in [9.17, 15) is 55.9 Å². The first-order valence-electron chi connectivity index (χ1n) is 18.1. The standard InChI is InChI=1S/C38H48O19/c1-15(2)5-10-19-21(50-4)11-20(41)24-26(43)33(30(55-31(19)24)17-6-8-18(40)9-7-17)56-32-22(13-51-23-12-38(49,14-39)37(48)54-23)53-35(47)29(46)34(32)57-36-28(45)27(44)25(42)16(3)52-36/h5-9,11,16,22-23,25,27-29,32,34-37,39-42,44-49H,10,12-14H2,1-4H3/t16-,22+,23+,25-,27+,28+,29+,32+,34+,35+,36-,37+,38+/m0/s1. The zero-order valence-electron chi connectivity index (χ0n) is 31.4. The smallest absolute Gasteiger partial charge is 0.239 e. The van der Waals surface area contributed by atoms with Crippen LogP contribution in [0.1, 0.15) is 32.8 Å². The second kappa shape index (κ2) is 17.1. The fourth-order valence-electron chi connectivity index (χ4n) is 6.86. The van der Waals surface area contributed by atoms with Crippen LogP contribution >= 0.6 is 0 Å². The van der Waals surface area contributed by atoms with Gasteiger partial charge >= 0.3 is 0 Å². The molecule has 0 aliphatic carbocycles. The number of hydrogen-bond acceptors (Lipinski definition) is 19. The predicted molar refractivity (Wildman–Crippen MR) is 193 cm³/mol. The highest BCUT2D eigenvalue weighted by atomic mass is 16.8. The number of benzene rings is 2. The summed E-state index contributed by atoms with van der Waals surface area (Å²) in [5.74, 6) is -1.30. The van der Waals surface area contributed by atoms with E-state index in [1.807, 2.05) is 19.9 Å². The lowest BCUT2D eigenvalue weighted by Gasteiger charge is -2.46. The summed E-state index contributed by atoms with van der Waals surface area (Å²) >= 11 is 0. The normalized spacial score (nSPS) is 34.3. The van der Waals surface area contributed by atoms with Crippen LogP contribution in [-0.2, 0) is 30.1 Å². The molecule has 3 saturated heterocycles. The number of aliphatic hydroxyl groups excluding tert-OH is 7. The molecule has 19 nitrogen and oxygen atoms in total. The lowest BCUT2D eigenvalue weighted by Crippen LogP contribution is -2.65. The Morgan fingerprint density at radius 1 is 0.947 bits per heavy atom. The number of ether oxygens (including phenoxy) is 7. The van der Waals surface area contributed by atoms with Crippen LogP contribution in [0.25, 0.3) is 22.3 Å². The summed E-state index contributed by atoms with van der Waals surface area (Å²) in [5, 5.41) is 105. The predicted octanol–water partition coefficient (Wildman–Crippen LogP) is -0.768. The number of phenols is 2. The molecule has 4 heterocycles. The van der Waals surface area contributed by atoms with E-state index >= 15 is 0 Å². The average Bonchev–Trinajstić information content (AvgIpc) is 3.47. The molecule has 3 aliphatic heterocycles. The van der Waals surface area contributed by atoms with Gasteiger partial charge in [0.15, 0.2) is 37.0 Å². The van der Waals surface area contributed by atoms with Gasteiger partial charge in [-0.1, -0.05) is 11.6 Å². The fraction of sp³-hybridized carbons (Fsp3) is 0.553. The average molecular weight is 809 g/mol. The zero-order chi connectivity index (χ0) is 41.5. The van der Waals surface area contributed by atoms with E-state index in [-0.39, 0.29) is 40.2 Å². The first-order chi connectivity index (χ1) is 27.0. The van der Waals surface area contributed by atoms with Crippen molar-refractivity contribution in [2.75, 3.05) is 20.3 Å². The maximum Gasteiger partial charge on any atom is 0.239 e. The number of phenolic OH excluding ortho intramolecular Hbond substituents is 2. The van der Waals surface area contributed by atoms with E-state index in [0.29, 0.717) is 5.56 Å². The molecule has 0 bridgehead atoms. The maximum atomic E-state index is 14.7. The minimum atomic E-state index is -2.08. The molecular weight excluding hydrogens is 760 g/mol. The van der Waals surface area contributed by atoms with Gasteiger partial charge in [-0.3, -0.25) is 4.79 Å². The largest absolute Gasteiger partial charge is 0.508 e. The van der Waals surface area contributed by atoms with Gasteiger partial charge in [-0.15, -0.1) is 0 Å². The molecule has 13 atom stereocenters. The first kappa shape index (κ1) is 42.7. The van der Waals surface area contributed by atoms with Crippen molar-refractivity contribution in [1.29, 1.82) is 0 Å². The SMILES string of the molecule is COc1cc(O)c2c(=O)c(O[C@H]3[C@H](O[C@@H]4O[C@@H](C)[C@H](O)[C@@H](O)[C@H]4O)[C@@H](O)[C@H](O)O[C@@H]3CO[C@H]3C[C@@](O)(CO)[C@H](O)O3)c(-c3ccc(O)cc3)oc2c1CC=C(C)C. The van der Waals surface area contributed by atoms with E-state index in [1.54, 1.807) is 0 Å². The molecule has 57 heavy (non-hydrogen) atoms. The molecule has 0 spiro atoms. The topological polar surface area (TPSA) is 297 Å². The monoisotopic (exact) mass is 808 g/mol. The molecule has 1 aromatic heterocycles. The summed E-state index contributed by atoms with van der Waals surface area (Å²) in [6, 6.07) is 6.69. The van der Waals surface area contributed by atoms with Crippen LogP contribution in [-0.4, -0.2) is 151 Å². The van der Waals surface area contributed by atoms with E-state index < -0.39 is 116 Å². The number of allylic oxidation sites excluding steroid dienone is 2.